The first kappa shape index (κ1) is 10.9. The maximum atomic E-state index is 5.72. The molecule has 0 aliphatic rings. The predicted octanol–water partition coefficient (Wildman–Crippen LogP) is 4.43. The van der Waals surface area contributed by atoms with E-state index in [1.807, 2.05) is 0 Å². The van der Waals surface area contributed by atoms with Gasteiger partial charge in [-0.2, -0.15) is 0 Å². The van der Waals surface area contributed by atoms with Crippen LogP contribution in [0.15, 0.2) is 0 Å². The fourth-order valence-electron chi connectivity index (χ4n) is 0.363. The van der Waals surface area contributed by atoms with Gasteiger partial charge in [-0.05, 0) is 12.5 Å². The van der Waals surface area contributed by atoms with Crippen LogP contribution in [-0.4, -0.2) is 17.6 Å². The van der Waals surface area contributed by atoms with Gasteiger partial charge in [0.15, 0.2) is 0 Å². The minimum atomic E-state index is -1.56. The van der Waals surface area contributed by atoms with Crippen molar-refractivity contribution in [1.29, 1.82) is 0 Å². The quantitative estimate of drug-likeness (QED) is 0.680. The van der Waals surface area contributed by atoms with Crippen molar-refractivity contribution in [3.8, 4) is 0 Å². The van der Waals surface area contributed by atoms with Gasteiger partial charge in [0, 0.05) is 0 Å². The van der Waals surface area contributed by atoms with E-state index in [2.05, 4.69) is 0 Å². The Kier molecular flexibility index (Phi) is 4.23. The molecule has 9 heavy (non-hydrogen) atoms. The summed E-state index contributed by atoms with van der Waals surface area (Å²) in [6, 6.07) is 0. The summed E-state index contributed by atoms with van der Waals surface area (Å²) in [5.41, 5.74) is 0. The average Bonchev–Trinajstić information content (AvgIpc) is 1.14. The molecule has 0 N–H and O–H groups in total. The molecule has 0 radical (unpaired) electrons. The van der Waals surface area contributed by atoms with Gasteiger partial charge in [0.2, 0.25) is 0 Å². The fraction of sp³-hybridized carbons (Fsp3) is 1.00. The molecule has 0 atom stereocenters. The SMILES string of the molecule is CS(Cl)(Cl)CS(C)(Cl)Cl. The molecule has 0 nitrogen and oxygen atoms in total. The maximum Gasteiger partial charge on any atom is 0.0580 e. The molecule has 0 heterocycles. The summed E-state index contributed by atoms with van der Waals surface area (Å²) in [5.74, 6) is 0. The lowest BCUT2D eigenvalue weighted by molar-refractivity contribution is 2.14. The van der Waals surface area contributed by atoms with Crippen molar-refractivity contribution < 1.29 is 0 Å². The van der Waals surface area contributed by atoms with Gasteiger partial charge in [-0.25, -0.2) is 0 Å². The van der Waals surface area contributed by atoms with Crippen LogP contribution in [-0.2, 0) is 0 Å². The first-order chi connectivity index (χ1) is 3.71. The number of halogens is 4. The summed E-state index contributed by atoms with van der Waals surface area (Å²) in [7, 11) is 19.7. The van der Waals surface area contributed by atoms with Gasteiger partial charge in [0.1, 0.15) is 0 Å². The average molecular weight is 250 g/mol. The highest BCUT2D eigenvalue weighted by Crippen LogP contribution is 2.69. The molecule has 0 aliphatic carbocycles. The predicted molar refractivity (Wildman–Crippen MR) is 55.3 cm³/mol. The largest absolute Gasteiger partial charge is 0.0772 e. The van der Waals surface area contributed by atoms with Gasteiger partial charge in [-0.1, -0.05) is 59.6 Å². The van der Waals surface area contributed by atoms with Crippen molar-refractivity contribution in [3.63, 3.8) is 0 Å². The Labute approximate surface area is 76.8 Å². The summed E-state index contributed by atoms with van der Waals surface area (Å²) in [6.07, 6.45) is 3.51. The van der Waals surface area contributed by atoms with Crippen molar-refractivity contribution in [2.45, 2.75) is 0 Å². The highest BCUT2D eigenvalue weighted by molar-refractivity contribution is 8.78. The highest BCUT2D eigenvalue weighted by atomic mass is 36.0. The molecule has 0 saturated heterocycles. The van der Waals surface area contributed by atoms with Crippen LogP contribution >= 0.6 is 59.6 Å². The molecule has 0 aliphatic heterocycles. The molecule has 60 valence electrons. The van der Waals surface area contributed by atoms with E-state index in [4.69, 9.17) is 42.7 Å². The van der Waals surface area contributed by atoms with Gasteiger partial charge in [-0.3, -0.25) is 0 Å². The van der Waals surface area contributed by atoms with Crippen molar-refractivity contribution in [1.82, 2.24) is 0 Å². The Hall–Kier alpha value is 1.86. The number of hydrogen-bond acceptors (Lipinski definition) is 0. The lowest BCUT2D eigenvalue weighted by Crippen LogP contribution is -1.89. The molecule has 0 bridgehead atoms. The van der Waals surface area contributed by atoms with E-state index in [0.29, 0.717) is 5.08 Å². The third-order valence-electron chi connectivity index (χ3n) is 0.414. The summed E-state index contributed by atoms with van der Waals surface area (Å²) < 4.78 is 0. The number of hydrogen-bond donors (Lipinski definition) is 0. The van der Waals surface area contributed by atoms with Crippen LogP contribution in [0, 0.1) is 0 Å². The van der Waals surface area contributed by atoms with Crippen LogP contribution in [0.4, 0.5) is 0 Å². The molecule has 0 aromatic rings. The van der Waals surface area contributed by atoms with E-state index >= 15 is 0 Å². The zero-order valence-electron chi connectivity index (χ0n) is 5.04. The van der Waals surface area contributed by atoms with Crippen molar-refractivity contribution in [3.05, 3.63) is 0 Å². The van der Waals surface area contributed by atoms with E-state index in [0.717, 1.165) is 0 Å². The number of rotatable bonds is 2. The molecule has 0 amide bonds. The monoisotopic (exact) mass is 248 g/mol. The molecular weight excluding hydrogens is 242 g/mol. The molecule has 0 aromatic carbocycles. The Morgan fingerprint density at radius 3 is 1.11 bits per heavy atom. The summed E-state index contributed by atoms with van der Waals surface area (Å²) in [5, 5.41) is 0.520. The van der Waals surface area contributed by atoms with Crippen LogP contribution < -0.4 is 0 Å². The second-order valence-electron chi connectivity index (χ2n) is 1.87. The normalized spacial score (nSPS) is 17.6. The maximum absolute atomic E-state index is 5.72. The highest BCUT2D eigenvalue weighted by Gasteiger charge is 2.20. The minimum absolute atomic E-state index is 0.520. The fourth-order valence-corrected chi connectivity index (χ4v) is 11.3. The zero-order valence-corrected chi connectivity index (χ0v) is 9.69. The van der Waals surface area contributed by atoms with Gasteiger partial charge in [0.25, 0.3) is 0 Å². The molecular formula is C3H8Cl4S2. The molecule has 0 fully saturated rings. The van der Waals surface area contributed by atoms with E-state index in [-0.39, 0.29) is 0 Å². The van der Waals surface area contributed by atoms with Crippen LogP contribution in [0.1, 0.15) is 0 Å². The summed E-state index contributed by atoms with van der Waals surface area (Å²) in [4.78, 5) is 0. The summed E-state index contributed by atoms with van der Waals surface area (Å²) >= 11 is 0. The summed E-state index contributed by atoms with van der Waals surface area (Å²) in [6.45, 7) is 0. The molecule has 0 unspecified atom stereocenters. The second kappa shape index (κ2) is 3.51. The van der Waals surface area contributed by atoms with Crippen molar-refractivity contribution in [2.75, 3.05) is 17.6 Å². The Balaban J connectivity index is 3.75. The van der Waals surface area contributed by atoms with Crippen LogP contribution in [0.5, 0.6) is 0 Å². The third kappa shape index (κ3) is 9.86. The van der Waals surface area contributed by atoms with Crippen LogP contribution in [0.25, 0.3) is 0 Å². The topological polar surface area (TPSA) is 0 Å². The Morgan fingerprint density at radius 2 is 1.11 bits per heavy atom. The minimum Gasteiger partial charge on any atom is -0.0772 e. The van der Waals surface area contributed by atoms with E-state index in [1.165, 1.54) is 0 Å². The van der Waals surface area contributed by atoms with E-state index < -0.39 is 16.9 Å². The van der Waals surface area contributed by atoms with Crippen molar-refractivity contribution in [2.24, 2.45) is 0 Å². The van der Waals surface area contributed by atoms with E-state index in [9.17, 15) is 0 Å². The van der Waals surface area contributed by atoms with Gasteiger partial charge >= 0.3 is 0 Å². The first-order valence-electron chi connectivity index (χ1n) is 2.01. The lowest BCUT2D eigenvalue weighted by atomic mass is 11.9. The zero-order chi connectivity index (χ0) is 7.71. The standard InChI is InChI=1S/C3H8Cl4S2/c1-8(4,5)3-9(2,6)7/h3H2,1-2H3. The molecule has 0 saturated carbocycles. The second-order valence-corrected chi connectivity index (χ2v) is 15.4. The third-order valence-corrected chi connectivity index (χ3v) is 6.93. The lowest BCUT2D eigenvalue weighted by Gasteiger charge is -2.27. The molecule has 0 spiro atoms. The van der Waals surface area contributed by atoms with Crippen molar-refractivity contribution >= 4 is 59.6 Å². The van der Waals surface area contributed by atoms with Crippen LogP contribution in [0.2, 0.25) is 0 Å². The Morgan fingerprint density at radius 1 is 0.889 bits per heavy atom. The van der Waals surface area contributed by atoms with Gasteiger partial charge < -0.3 is 0 Å². The van der Waals surface area contributed by atoms with Gasteiger partial charge in [0.05, 0.1) is 5.08 Å². The smallest absolute Gasteiger partial charge is 0.0580 e. The first-order valence-corrected chi connectivity index (χ1v) is 9.74. The molecule has 0 aromatic heterocycles. The van der Waals surface area contributed by atoms with Gasteiger partial charge in [-0.15, -0.1) is 0 Å². The molecule has 0 rings (SSSR count). The van der Waals surface area contributed by atoms with E-state index in [1.54, 1.807) is 12.5 Å². The van der Waals surface area contributed by atoms with Crippen LogP contribution in [0.3, 0.4) is 0 Å². The molecule has 6 heteroatoms. The Bertz CT molecular complexity index is 79.0.